The molecule has 2 nitrogen and oxygen atoms in total. The highest BCUT2D eigenvalue weighted by Gasteiger charge is 2.35. The van der Waals surface area contributed by atoms with Crippen LogP contribution in [-0.2, 0) is 4.79 Å². The van der Waals surface area contributed by atoms with Crippen molar-refractivity contribution in [1.82, 2.24) is 0 Å². The van der Waals surface area contributed by atoms with Gasteiger partial charge in [-0.25, -0.2) is 0 Å². The van der Waals surface area contributed by atoms with Crippen molar-refractivity contribution in [3.8, 4) is 0 Å². The quantitative estimate of drug-likeness (QED) is 0.603. The summed E-state index contributed by atoms with van der Waals surface area (Å²) in [6, 6.07) is 0. The van der Waals surface area contributed by atoms with Crippen molar-refractivity contribution in [3.63, 3.8) is 0 Å². The Hall–Kier alpha value is -0.370. The second-order valence-electron chi connectivity index (χ2n) is 4.26. The van der Waals surface area contributed by atoms with Crippen molar-refractivity contribution in [2.24, 2.45) is 5.41 Å². The highest BCUT2D eigenvalue weighted by atomic mass is 16.3. The van der Waals surface area contributed by atoms with Crippen LogP contribution in [0.1, 0.15) is 46.0 Å². The first-order valence-corrected chi connectivity index (χ1v) is 4.76. The van der Waals surface area contributed by atoms with E-state index in [1.54, 1.807) is 0 Å². The largest absolute Gasteiger partial charge is 0.392 e. The van der Waals surface area contributed by atoms with Gasteiger partial charge in [0.15, 0.2) is 0 Å². The summed E-state index contributed by atoms with van der Waals surface area (Å²) in [6.07, 6.45) is 4.11. The molecule has 1 aliphatic rings. The summed E-state index contributed by atoms with van der Waals surface area (Å²) in [5.41, 5.74) is -0.513. The fraction of sp³-hybridized carbons (Fsp3) is 0.900. The zero-order valence-electron chi connectivity index (χ0n) is 7.97. The summed E-state index contributed by atoms with van der Waals surface area (Å²) in [7, 11) is 0. The maximum absolute atomic E-state index is 11.5. The predicted molar refractivity (Wildman–Crippen MR) is 47.9 cm³/mol. The van der Waals surface area contributed by atoms with Crippen LogP contribution in [0.15, 0.2) is 0 Å². The van der Waals surface area contributed by atoms with E-state index in [-0.39, 0.29) is 5.78 Å². The molecule has 1 atom stereocenters. The lowest BCUT2D eigenvalue weighted by atomic mass is 9.76. The summed E-state index contributed by atoms with van der Waals surface area (Å²) >= 11 is 0. The first-order valence-electron chi connectivity index (χ1n) is 4.76. The molecule has 1 saturated carbocycles. The Morgan fingerprint density at radius 3 is 2.67 bits per heavy atom. The summed E-state index contributed by atoms with van der Waals surface area (Å²) in [5.74, 6) is 0.217. The molecule has 12 heavy (non-hydrogen) atoms. The zero-order valence-corrected chi connectivity index (χ0v) is 7.97. The van der Waals surface area contributed by atoms with Crippen LogP contribution in [0.5, 0.6) is 0 Å². The SMILES string of the molecule is CC1(C)C(=O)CCCCCC1O. The second kappa shape index (κ2) is 3.56. The third kappa shape index (κ3) is 1.86. The fourth-order valence-electron chi connectivity index (χ4n) is 1.67. The lowest BCUT2D eigenvalue weighted by Gasteiger charge is -2.30. The molecule has 1 fully saturated rings. The Morgan fingerprint density at radius 1 is 1.33 bits per heavy atom. The molecule has 1 N–H and O–H groups in total. The van der Waals surface area contributed by atoms with Gasteiger partial charge < -0.3 is 5.11 Å². The van der Waals surface area contributed by atoms with Crippen molar-refractivity contribution in [2.45, 2.75) is 52.1 Å². The summed E-state index contributed by atoms with van der Waals surface area (Å²) < 4.78 is 0. The molecule has 0 aliphatic heterocycles. The fourth-order valence-corrected chi connectivity index (χ4v) is 1.67. The number of ketones is 1. The van der Waals surface area contributed by atoms with Crippen molar-refractivity contribution in [3.05, 3.63) is 0 Å². The standard InChI is InChI=1S/C10H18O2/c1-10(2)8(11)6-4-3-5-7-9(10)12/h8,11H,3-7H2,1-2H3. The minimum absolute atomic E-state index is 0.217. The third-order valence-electron chi connectivity index (χ3n) is 2.93. The monoisotopic (exact) mass is 170 g/mol. The lowest BCUT2D eigenvalue weighted by molar-refractivity contribution is -0.134. The molecule has 0 aromatic rings. The van der Waals surface area contributed by atoms with Crippen molar-refractivity contribution >= 4 is 5.78 Å². The van der Waals surface area contributed by atoms with Crippen molar-refractivity contribution < 1.29 is 9.90 Å². The molecule has 0 saturated heterocycles. The summed E-state index contributed by atoms with van der Waals surface area (Å²) in [6.45, 7) is 3.70. The number of rotatable bonds is 0. The molecule has 0 aromatic heterocycles. The number of hydrogen-bond acceptors (Lipinski definition) is 2. The number of Topliss-reactive ketones (excluding diaryl/α,β-unsaturated/α-hetero) is 1. The molecule has 2 heteroatoms. The smallest absolute Gasteiger partial charge is 0.141 e. The molecule has 0 bridgehead atoms. The van der Waals surface area contributed by atoms with Crippen LogP contribution < -0.4 is 0 Å². The Labute approximate surface area is 74.0 Å². The van der Waals surface area contributed by atoms with E-state index in [9.17, 15) is 9.90 Å². The molecule has 1 aliphatic carbocycles. The number of hydrogen-bond donors (Lipinski definition) is 1. The Kier molecular flexibility index (Phi) is 2.89. The van der Waals surface area contributed by atoms with Gasteiger partial charge in [-0.3, -0.25) is 4.79 Å². The van der Waals surface area contributed by atoms with E-state index < -0.39 is 11.5 Å². The van der Waals surface area contributed by atoms with Crippen molar-refractivity contribution in [2.75, 3.05) is 0 Å². The van der Waals surface area contributed by atoms with Crippen molar-refractivity contribution in [1.29, 1.82) is 0 Å². The van der Waals surface area contributed by atoms with E-state index in [2.05, 4.69) is 0 Å². The van der Waals surface area contributed by atoms with Crippen LogP contribution in [0.2, 0.25) is 0 Å². The Balaban J connectivity index is 2.69. The number of carbonyl (C=O) groups excluding carboxylic acids is 1. The van der Waals surface area contributed by atoms with Crippen LogP contribution in [-0.4, -0.2) is 17.0 Å². The van der Waals surface area contributed by atoms with Crippen LogP contribution in [0.25, 0.3) is 0 Å². The Morgan fingerprint density at radius 2 is 2.00 bits per heavy atom. The maximum Gasteiger partial charge on any atom is 0.141 e. The average Bonchev–Trinajstić information content (AvgIpc) is 2.01. The minimum atomic E-state index is -0.513. The van der Waals surface area contributed by atoms with Gasteiger partial charge in [0, 0.05) is 11.8 Å². The van der Waals surface area contributed by atoms with Gasteiger partial charge in [-0.15, -0.1) is 0 Å². The molecule has 70 valence electrons. The summed E-state index contributed by atoms with van der Waals surface area (Å²) in [4.78, 5) is 11.5. The van der Waals surface area contributed by atoms with Crippen LogP contribution in [0, 0.1) is 5.41 Å². The molecule has 0 heterocycles. The first-order chi connectivity index (χ1) is 5.55. The highest BCUT2D eigenvalue weighted by Crippen LogP contribution is 2.30. The van der Waals surface area contributed by atoms with E-state index in [1.807, 2.05) is 13.8 Å². The molecule has 0 radical (unpaired) electrons. The average molecular weight is 170 g/mol. The second-order valence-corrected chi connectivity index (χ2v) is 4.26. The van der Waals surface area contributed by atoms with Crippen LogP contribution in [0.3, 0.4) is 0 Å². The van der Waals surface area contributed by atoms with E-state index in [4.69, 9.17) is 0 Å². The molecule has 0 aromatic carbocycles. The number of aliphatic hydroxyl groups excluding tert-OH is 1. The van der Waals surface area contributed by atoms with E-state index >= 15 is 0 Å². The van der Waals surface area contributed by atoms with Crippen LogP contribution in [0.4, 0.5) is 0 Å². The molecule has 1 unspecified atom stereocenters. The number of aliphatic hydroxyl groups is 1. The molecule has 1 rings (SSSR count). The van der Waals surface area contributed by atoms with Gasteiger partial charge in [-0.1, -0.05) is 26.7 Å². The van der Waals surface area contributed by atoms with Gasteiger partial charge in [0.1, 0.15) is 5.78 Å². The maximum atomic E-state index is 11.5. The van der Waals surface area contributed by atoms with E-state index in [0.29, 0.717) is 6.42 Å². The highest BCUT2D eigenvalue weighted by molar-refractivity contribution is 5.84. The normalized spacial score (nSPS) is 30.9. The van der Waals surface area contributed by atoms with E-state index in [1.165, 1.54) is 0 Å². The van der Waals surface area contributed by atoms with Gasteiger partial charge >= 0.3 is 0 Å². The predicted octanol–water partition coefficient (Wildman–Crippen LogP) is 1.91. The molecule has 0 amide bonds. The molecule has 0 spiro atoms. The van der Waals surface area contributed by atoms with Gasteiger partial charge in [0.05, 0.1) is 6.10 Å². The van der Waals surface area contributed by atoms with Gasteiger partial charge in [0.25, 0.3) is 0 Å². The van der Waals surface area contributed by atoms with Gasteiger partial charge in [-0.05, 0) is 12.8 Å². The summed E-state index contributed by atoms with van der Waals surface area (Å²) in [5, 5.41) is 9.69. The zero-order chi connectivity index (χ0) is 9.19. The number of carbonyl (C=O) groups is 1. The van der Waals surface area contributed by atoms with Crippen LogP contribution >= 0.6 is 0 Å². The minimum Gasteiger partial charge on any atom is -0.392 e. The molecular weight excluding hydrogens is 152 g/mol. The third-order valence-corrected chi connectivity index (χ3v) is 2.93. The molecular formula is C10H18O2. The van der Waals surface area contributed by atoms with Gasteiger partial charge in [0.2, 0.25) is 0 Å². The Bertz CT molecular complexity index is 173. The van der Waals surface area contributed by atoms with Gasteiger partial charge in [-0.2, -0.15) is 0 Å². The first kappa shape index (κ1) is 9.72. The van der Waals surface area contributed by atoms with E-state index in [0.717, 1.165) is 25.7 Å². The topological polar surface area (TPSA) is 37.3 Å². The lowest BCUT2D eigenvalue weighted by Crippen LogP contribution is -2.38.